The van der Waals surface area contributed by atoms with Crippen molar-refractivity contribution in [2.75, 3.05) is 12.3 Å². The molecular formula is C9H13Cl2NO. The predicted octanol–water partition coefficient (Wildman–Crippen LogP) is 3.13. The van der Waals surface area contributed by atoms with E-state index in [1.54, 1.807) is 18.2 Å². The average molecular weight is 222 g/mol. The van der Waals surface area contributed by atoms with Crippen LogP contribution in [0.4, 0.5) is 5.69 Å². The van der Waals surface area contributed by atoms with Crippen molar-refractivity contribution in [1.82, 2.24) is 0 Å². The summed E-state index contributed by atoms with van der Waals surface area (Å²) in [7, 11) is 0. The van der Waals surface area contributed by atoms with Crippen molar-refractivity contribution in [3.05, 3.63) is 23.2 Å². The zero-order chi connectivity index (χ0) is 8.97. The lowest BCUT2D eigenvalue weighted by Crippen LogP contribution is -1.99. The third-order valence-corrected chi connectivity index (χ3v) is 1.75. The van der Waals surface area contributed by atoms with Gasteiger partial charge in [0.2, 0.25) is 0 Å². The maximum Gasteiger partial charge on any atom is 0.160 e. The minimum absolute atomic E-state index is 0. The normalized spacial score (nSPS) is 9.08. The van der Waals surface area contributed by atoms with Crippen molar-refractivity contribution in [3.8, 4) is 5.75 Å². The lowest BCUT2D eigenvalue weighted by atomic mass is 10.3. The number of rotatable bonds is 3. The van der Waals surface area contributed by atoms with Crippen LogP contribution < -0.4 is 10.5 Å². The molecule has 0 aliphatic rings. The van der Waals surface area contributed by atoms with E-state index >= 15 is 0 Å². The Balaban J connectivity index is 0.00000144. The molecule has 0 heterocycles. The summed E-state index contributed by atoms with van der Waals surface area (Å²) in [6, 6.07) is 5.34. The van der Waals surface area contributed by atoms with Crippen molar-refractivity contribution < 1.29 is 4.74 Å². The second kappa shape index (κ2) is 5.95. The minimum atomic E-state index is 0. The summed E-state index contributed by atoms with van der Waals surface area (Å²) in [5.41, 5.74) is 6.25. The number of hydrogen-bond acceptors (Lipinski definition) is 2. The van der Waals surface area contributed by atoms with E-state index in [2.05, 4.69) is 0 Å². The lowest BCUT2D eigenvalue weighted by molar-refractivity contribution is 0.319. The second-order valence-corrected chi connectivity index (χ2v) is 2.91. The molecule has 1 aromatic carbocycles. The second-order valence-electron chi connectivity index (χ2n) is 2.51. The number of hydrogen-bond donors (Lipinski definition) is 1. The summed E-state index contributed by atoms with van der Waals surface area (Å²) in [5, 5.41) is 0.573. The number of halogens is 2. The number of anilines is 1. The van der Waals surface area contributed by atoms with Gasteiger partial charge in [0, 0.05) is 0 Å². The van der Waals surface area contributed by atoms with Crippen LogP contribution in [0.15, 0.2) is 18.2 Å². The highest BCUT2D eigenvalue weighted by molar-refractivity contribution is 6.32. The Labute approximate surface area is 89.4 Å². The van der Waals surface area contributed by atoms with Gasteiger partial charge < -0.3 is 10.5 Å². The summed E-state index contributed by atoms with van der Waals surface area (Å²) in [6.07, 6.45) is 0.949. The lowest BCUT2D eigenvalue weighted by Gasteiger charge is -2.08. The fourth-order valence-corrected chi connectivity index (χ4v) is 1.12. The van der Waals surface area contributed by atoms with Gasteiger partial charge in [0.15, 0.2) is 5.75 Å². The molecule has 74 valence electrons. The van der Waals surface area contributed by atoms with Crippen LogP contribution in [0.3, 0.4) is 0 Å². The molecule has 1 aromatic rings. The average Bonchev–Trinajstić information content (AvgIpc) is 2.04. The highest BCUT2D eigenvalue weighted by atomic mass is 35.5. The summed E-state index contributed by atoms with van der Waals surface area (Å²) < 4.78 is 5.36. The van der Waals surface area contributed by atoms with E-state index in [-0.39, 0.29) is 12.4 Å². The van der Waals surface area contributed by atoms with Gasteiger partial charge in [-0.15, -0.1) is 12.4 Å². The van der Waals surface area contributed by atoms with E-state index in [0.29, 0.717) is 23.1 Å². The first-order valence-electron chi connectivity index (χ1n) is 3.92. The van der Waals surface area contributed by atoms with Crippen LogP contribution in [0, 0.1) is 0 Å². The maximum atomic E-state index is 5.86. The largest absolute Gasteiger partial charge is 0.490 e. The minimum Gasteiger partial charge on any atom is -0.490 e. The summed E-state index contributed by atoms with van der Waals surface area (Å²) in [5.74, 6) is 0.598. The van der Waals surface area contributed by atoms with Crippen molar-refractivity contribution >= 4 is 29.7 Å². The van der Waals surface area contributed by atoms with Gasteiger partial charge in [-0.2, -0.15) is 0 Å². The molecule has 13 heavy (non-hydrogen) atoms. The Hall–Kier alpha value is -0.600. The predicted molar refractivity (Wildman–Crippen MR) is 58.9 cm³/mol. The molecule has 0 aliphatic carbocycles. The summed E-state index contributed by atoms with van der Waals surface area (Å²) >= 11 is 5.86. The molecule has 0 bridgehead atoms. The van der Waals surface area contributed by atoms with Crippen molar-refractivity contribution in [2.24, 2.45) is 0 Å². The van der Waals surface area contributed by atoms with Crippen LogP contribution in [-0.4, -0.2) is 6.61 Å². The number of para-hydroxylation sites is 1. The van der Waals surface area contributed by atoms with Gasteiger partial charge in [-0.25, -0.2) is 0 Å². The van der Waals surface area contributed by atoms with Crippen LogP contribution in [0.25, 0.3) is 0 Å². The highest BCUT2D eigenvalue weighted by Gasteiger charge is 2.03. The Kier molecular flexibility index (Phi) is 5.67. The van der Waals surface area contributed by atoms with Crippen molar-refractivity contribution in [2.45, 2.75) is 13.3 Å². The van der Waals surface area contributed by atoms with Gasteiger partial charge >= 0.3 is 0 Å². The Morgan fingerprint density at radius 3 is 2.69 bits per heavy atom. The van der Waals surface area contributed by atoms with Gasteiger partial charge in [0.25, 0.3) is 0 Å². The van der Waals surface area contributed by atoms with Gasteiger partial charge in [-0.1, -0.05) is 24.6 Å². The van der Waals surface area contributed by atoms with E-state index in [4.69, 9.17) is 22.1 Å². The molecule has 0 spiro atoms. The first-order valence-corrected chi connectivity index (χ1v) is 4.30. The number of nitrogen functional groups attached to an aromatic ring is 1. The Morgan fingerprint density at radius 2 is 2.15 bits per heavy atom. The highest BCUT2D eigenvalue weighted by Crippen LogP contribution is 2.30. The maximum absolute atomic E-state index is 5.86. The fourth-order valence-electron chi connectivity index (χ4n) is 0.882. The quantitative estimate of drug-likeness (QED) is 0.797. The van der Waals surface area contributed by atoms with E-state index in [0.717, 1.165) is 6.42 Å². The molecule has 4 heteroatoms. The number of benzene rings is 1. The SMILES string of the molecule is CCCOc1c(N)cccc1Cl.Cl. The molecule has 0 saturated heterocycles. The molecule has 0 amide bonds. The molecule has 2 N–H and O–H groups in total. The molecule has 0 aliphatic heterocycles. The fraction of sp³-hybridized carbons (Fsp3) is 0.333. The zero-order valence-corrected chi connectivity index (χ0v) is 8.99. The van der Waals surface area contributed by atoms with E-state index in [9.17, 15) is 0 Å². The van der Waals surface area contributed by atoms with Crippen LogP contribution in [-0.2, 0) is 0 Å². The molecule has 0 fully saturated rings. The van der Waals surface area contributed by atoms with E-state index in [1.807, 2.05) is 6.92 Å². The van der Waals surface area contributed by atoms with E-state index in [1.165, 1.54) is 0 Å². The molecule has 0 atom stereocenters. The van der Waals surface area contributed by atoms with Crippen LogP contribution in [0.5, 0.6) is 5.75 Å². The third kappa shape index (κ3) is 3.33. The molecule has 0 unspecified atom stereocenters. The topological polar surface area (TPSA) is 35.2 Å². The Bertz CT molecular complexity index is 246. The van der Waals surface area contributed by atoms with Gasteiger partial charge in [-0.3, -0.25) is 0 Å². The molecule has 0 saturated carbocycles. The number of ether oxygens (including phenoxy) is 1. The molecule has 0 radical (unpaired) electrons. The summed E-state index contributed by atoms with van der Waals surface area (Å²) in [6.45, 7) is 2.68. The first kappa shape index (κ1) is 12.4. The third-order valence-electron chi connectivity index (χ3n) is 1.45. The monoisotopic (exact) mass is 221 g/mol. The van der Waals surface area contributed by atoms with Gasteiger partial charge in [0.05, 0.1) is 17.3 Å². The molecule has 1 rings (SSSR count). The van der Waals surface area contributed by atoms with Crippen molar-refractivity contribution in [1.29, 1.82) is 0 Å². The van der Waals surface area contributed by atoms with E-state index < -0.39 is 0 Å². The van der Waals surface area contributed by atoms with Crippen LogP contribution in [0.1, 0.15) is 13.3 Å². The van der Waals surface area contributed by atoms with Gasteiger partial charge in [0.1, 0.15) is 0 Å². The molecule has 0 aromatic heterocycles. The first-order chi connectivity index (χ1) is 5.75. The standard InChI is InChI=1S/C9H12ClNO.ClH/c1-2-6-12-9-7(10)4-3-5-8(9)11;/h3-5H,2,6,11H2,1H3;1H. The van der Waals surface area contributed by atoms with Crippen LogP contribution in [0.2, 0.25) is 5.02 Å². The van der Waals surface area contributed by atoms with Gasteiger partial charge in [-0.05, 0) is 18.6 Å². The van der Waals surface area contributed by atoms with Crippen LogP contribution >= 0.6 is 24.0 Å². The zero-order valence-electron chi connectivity index (χ0n) is 7.42. The molecular weight excluding hydrogens is 209 g/mol. The number of nitrogens with two attached hydrogens (primary N) is 1. The van der Waals surface area contributed by atoms with Crippen molar-refractivity contribution in [3.63, 3.8) is 0 Å². The Morgan fingerprint density at radius 1 is 1.46 bits per heavy atom. The summed E-state index contributed by atoms with van der Waals surface area (Å²) in [4.78, 5) is 0. The smallest absolute Gasteiger partial charge is 0.160 e. The molecule has 2 nitrogen and oxygen atoms in total.